The highest BCUT2D eigenvalue weighted by molar-refractivity contribution is 5.91. The number of fused-ring (bicyclic) bond motifs is 1. The van der Waals surface area contributed by atoms with Gasteiger partial charge < -0.3 is 25.2 Å². The van der Waals surface area contributed by atoms with Crippen LogP contribution in [0.1, 0.15) is 25.3 Å². The Morgan fingerprint density at radius 3 is 2.56 bits per heavy atom. The fourth-order valence-electron chi connectivity index (χ4n) is 5.23. The Hall–Kier alpha value is -3.63. The zero-order chi connectivity index (χ0) is 28.5. The van der Waals surface area contributed by atoms with Crippen LogP contribution in [-0.4, -0.2) is 97.3 Å². The monoisotopic (exact) mass is 538 g/mol. The first-order valence-electron chi connectivity index (χ1n) is 13.4. The highest BCUT2D eigenvalue weighted by Crippen LogP contribution is 2.29. The van der Waals surface area contributed by atoms with Gasteiger partial charge in [-0.2, -0.15) is 0 Å². The number of urea groups is 1. The Kier molecular flexibility index (Phi) is 10.7. The molecule has 0 aromatic heterocycles. The predicted octanol–water partition coefficient (Wildman–Crippen LogP) is 2.37. The van der Waals surface area contributed by atoms with E-state index in [9.17, 15) is 14.4 Å². The topological polar surface area (TPSA) is 97.5 Å². The molecule has 10 nitrogen and oxygen atoms in total. The number of carbonyl (C=O) groups is 3. The summed E-state index contributed by atoms with van der Waals surface area (Å²) in [5, 5.41) is 9.31. The smallest absolute Gasteiger partial charge is 0.334 e. The number of likely N-dealkylation sites (N-methyl/N-ethyl adjacent to an activating group) is 1. The van der Waals surface area contributed by atoms with Gasteiger partial charge in [0.2, 0.25) is 11.8 Å². The van der Waals surface area contributed by atoms with Crippen LogP contribution in [0.15, 0.2) is 61.2 Å². The standard InChI is InChI=1S/C29H42N6O4/c1-7-10-23(8-2)21(3)18-33-19-26-34(25(28(33)37)11-9-16-30-4)27(36)20-32(5)35(26)29(38)31-17-22-12-14-24(39-6)15-13-22/h7-8,10,12-15,21,25-26,30H,1-2,9,11,16-20H2,3-6H3,(H,31,38)/b23-10+/t21?,25-,26?/m0/s1. The number of piperazine rings is 1. The minimum Gasteiger partial charge on any atom is -0.497 e. The lowest BCUT2D eigenvalue weighted by Crippen LogP contribution is -2.76. The van der Waals surface area contributed by atoms with Crippen molar-refractivity contribution < 1.29 is 19.1 Å². The number of rotatable bonds is 12. The number of nitrogens with zero attached hydrogens (tertiary/aromatic N) is 4. The van der Waals surface area contributed by atoms with Gasteiger partial charge >= 0.3 is 6.03 Å². The van der Waals surface area contributed by atoms with E-state index < -0.39 is 12.2 Å². The predicted molar refractivity (Wildman–Crippen MR) is 152 cm³/mol. The maximum Gasteiger partial charge on any atom is 0.334 e. The number of allylic oxidation sites excluding steroid dienone is 3. The second-order valence-electron chi connectivity index (χ2n) is 9.96. The lowest BCUT2D eigenvalue weighted by molar-refractivity contribution is -0.187. The number of hydrogen-bond acceptors (Lipinski definition) is 6. The van der Waals surface area contributed by atoms with Crippen molar-refractivity contribution in [2.24, 2.45) is 5.92 Å². The summed E-state index contributed by atoms with van der Waals surface area (Å²) in [6.07, 6.45) is 5.98. The van der Waals surface area contributed by atoms with Gasteiger partial charge in [-0.15, -0.1) is 0 Å². The SMILES string of the molecule is C=C/C=C(\C=C)C(C)CN1CC2N(C(=O)CN(C)N2C(=O)NCc2ccc(OC)cc2)[C@@H](CCCNC)C1=O. The number of amides is 4. The van der Waals surface area contributed by atoms with Crippen molar-refractivity contribution in [1.29, 1.82) is 0 Å². The number of ether oxygens (including phenoxy) is 1. The molecule has 3 rings (SSSR count). The lowest BCUT2D eigenvalue weighted by Gasteiger charge is -2.54. The molecule has 0 bridgehead atoms. The molecular formula is C29H42N6O4. The van der Waals surface area contributed by atoms with Crippen LogP contribution in [0.4, 0.5) is 4.79 Å². The molecule has 0 saturated carbocycles. The minimum absolute atomic E-state index is 0.00308. The lowest BCUT2D eigenvalue weighted by atomic mass is 9.97. The van der Waals surface area contributed by atoms with Crippen LogP contribution < -0.4 is 15.4 Å². The van der Waals surface area contributed by atoms with Gasteiger partial charge in [-0.3, -0.25) is 9.59 Å². The molecule has 1 aromatic carbocycles. The quantitative estimate of drug-likeness (QED) is 0.313. The molecule has 2 N–H and O–H groups in total. The Balaban J connectivity index is 1.86. The molecule has 0 aliphatic carbocycles. The molecule has 0 spiro atoms. The molecular weight excluding hydrogens is 496 g/mol. The normalized spacial score (nSPS) is 20.9. The van der Waals surface area contributed by atoms with Gasteiger partial charge in [-0.1, -0.05) is 50.4 Å². The maximum atomic E-state index is 13.7. The van der Waals surface area contributed by atoms with E-state index in [2.05, 4.69) is 23.8 Å². The number of carbonyl (C=O) groups excluding carboxylic acids is 3. The van der Waals surface area contributed by atoms with Gasteiger partial charge in [0.15, 0.2) is 0 Å². The molecule has 0 radical (unpaired) electrons. The molecule has 1 aromatic rings. The van der Waals surface area contributed by atoms with E-state index in [1.807, 2.05) is 44.3 Å². The average molecular weight is 539 g/mol. The van der Waals surface area contributed by atoms with Crippen molar-refractivity contribution >= 4 is 17.8 Å². The first-order chi connectivity index (χ1) is 18.7. The molecule has 4 amide bonds. The minimum atomic E-state index is -0.641. The molecule has 39 heavy (non-hydrogen) atoms. The van der Waals surface area contributed by atoms with E-state index in [-0.39, 0.29) is 36.9 Å². The van der Waals surface area contributed by atoms with E-state index in [1.165, 1.54) is 0 Å². The van der Waals surface area contributed by atoms with Crippen LogP contribution in [0.25, 0.3) is 0 Å². The maximum absolute atomic E-state index is 13.7. The molecule has 212 valence electrons. The molecule has 2 aliphatic heterocycles. The summed E-state index contributed by atoms with van der Waals surface area (Å²) in [6.45, 7) is 11.4. The van der Waals surface area contributed by atoms with E-state index in [4.69, 9.17) is 4.74 Å². The zero-order valence-corrected chi connectivity index (χ0v) is 23.6. The van der Waals surface area contributed by atoms with Crippen LogP contribution in [0, 0.1) is 5.92 Å². The Morgan fingerprint density at radius 1 is 1.23 bits per heavy atom. The molecule has 2 fully saturated rings. The summed E-state index contributed by atoms with van der Waals surface area (Å²) < 4.78 is 5.21. The summed E-state index contributed by atoms with van der Waals surface area (Å²) in [7, 11) is 5.19. The fourth-order valence-corrected chi connectivity index (χ4v) is 5.23. The number of methoxy groups -OCH3 is 1. The van der Waals surface area contributed by atoms with Gasteiger partial charge in [0, 0.05) is 20.1 Å². The van der Waals surface area contributed by atoms with Crippen LogP contribution in [0.5, 0.6) is 5.75 Å². The third-order valence-corrected chi connectivity index (χ3v) is 7.26. The largest absolute Gasteiger partial charge is 0.497 e. The summed E-state index contributed by atoms with van der Waals surface area (Å²) in [6, 6.07) is 6.50. The summed E-state index contributed by atoms with van der Waals surface area (Å²) in [5.74, 6) is 0.495. The van der Waals surface area contributed by atoms with Gasteiger partial charge in [-0.25, -0.2) is 14.8 Å². The Labute approximate surface area is 231 Å². The molecule has 2 aliphatic rings. The molecule has 3 atom stereocenters. The van der Waals surface area contributed by atoms with Crippen LogP contribution in [0.3, 0.4) is 0 Å². The van der Waals surface area contributed by atoms with Crippen molar-refractivity contribution in [2.45, 2.75) is 38.5 Å². The van der Waals surface area contributed by atoms with Crippen molar-refractivity contribution in [3.63, 3.8) is 0 Å². The summed E-state index contributed by atoms with van der Waals surface area (Å²) in [5.41, 5.74) is 1.89. The highest BCUT2D eigenvalue weighted by Gasteiger charge is 2.50. The Bertz CT molecular complexity index is 1070. The first kappa shape index (κ1) is 29.9. The Morgan fingerprint density at radius 2 is 1.95 bits per heavy atom. The van der Waals surface area contributed by atoms with Gasteiger partial charge in [-0.05, 0) is 55.6 Å². The second-order valence-corrected chi connectivity index (χ2v) is 9.96. The fraction of sp³-hybridized carbons (Fsp3) is 0.483. The second kappa shape index (κ2) is 14.0. The first-order valence-corrected chi connectivity index (χ1v) is 13.4. The van der Waals surface area contributed by atoms with E-state index in [0.717, 1.165) is 29.9 Å². The third-order valence-electron chi connectivity index (χ3n) is 7.26. The van der Waals surface area contributed by atoms with Gasteiger partial charge in [0.05, 0.1) is 20.2 Å². The van der Waals surface area contributed by atoms with Crippen LogP contribution >= 0.6 is 0 Å². The van der Waals surface area contributed by atoms with Crippen molar-refractivity contribution in [1.82, 2.24) is 30.5 Å². The molecule has 2 heterocycles. The highest BCUT2D eigenvalue weighted by atomic mass is 16.5. The van der Waals surface area contributed by atoms with Crippen molar-refractivity contribution in [3.8, 4) is 5.75 Å². The van der Waals surface area contributed by atoms with Gasteiger partial charge in [0.25, 0.3) is 0 Å². The average Bonchev–Trinajstić information content (AvgIpc) is 2.92. The number of hydrazine groups is 1. The third kappa shape index (κ3) is 7.07. The number of nitrogens with one attached hydrogen (secondary N) is 2. The van der Waals surface area contributed by atoms with E-state index in [1.54, 1.807) is 46.1 Å². The zero-order valence-electron chi connectivity index (χ0n) is 23.6. The molecule has 2 unspecified atom stereocenters. The van der Waals surface area contributed by atoms with E-state index in [0.29, 0.717) is 19.5 Å². The van der Waals surface area contributed by atoms with Gasteiger partial charge in [0.1, 0.15) is 18.0 Å². The van der Waals surface area contributed by atoms with Crippen molar-refractivity contribution in [2.75, 3.05) is 47.4 Å². The summed E-state index contributed by atoms with van der Waals surface area (Å²) in [4.78, 5) is 44.0. The van der Waals surface area contributed by atoms with E-state index >= 15 is 0 Å². The number of benzene rings is 1. The van der Waals surface area contributed by atoms with Crippen LogP contribution in [-0.2, 0) is 16.1 Å². The molecule has 10 heteroatoms. The number of hydrogen-bond donors (Lipinski definition) is 2. The van der Waals surface area contributed by atoms with Crippen LogP contribution in [0.2, 0.25) is 0 Å². The summed E-state index contributed by atoms with van der Waals surface area (Å²) >= 11 is 0. The van der Waals surface area contributed by atoms with Crippen molar-refractivity contribution in [3.05, 3.63) is 66.8 Å². The molecule has 2 saturated heterocycles.